The molecule has 2 aromatic heterocycles. The summed E-state index contributed by atoms with van der Waals surface area (Å²) in [5.41, 5.74) is 1.33. The Balaban J connectivity index is 1.80. The molecule has 0 aliphatic rings. The topological polar surface area (TPSA) is 77.2 Å². The smallest absolute Gasteiger partial charge is 0.265 e. The minimum Gasteiger partial charge on any atom is -0.497 e. The van der Waals surface area contributed by atoms with Crippen LogP contribution in [0.15, 0.2) is 47.1 Å². The monoisotopic (exact) mass is 315 g/mol. The molecule has 0 aliphatic carbocycles. The fraction of sp³-hybridized carbons (Fsp3) is 0.133. The predicted octanol–water partition coefficient (Wildman–Crippen LogP) is 2.74. The zero-order valence-corrected chi connectivity index (χ0v) is 12.6. The number of aromatic nitrogens is 2. The van der Waals surface area contributed by atoms with Crippen LogP contribution in [0.1, 0.15) is 15.4 Å². The van der Waals surface area contributed by atoms with Crippen molar-refractivity contribution in [3.05, 3.63) is 53.3 Å². The van der Waals surface area contributed by atoms with E-state index in [1.807, 2.05) is 24.3 Å². The SMILES string of the molecule is COc1cccc(-c2nnsc2C(=O)NCc2ccco2)c1. The molecule has 0 aliphatic heterocycles. The van der Waals surface area contributed by atoms with Gasteiger partial charge < -0.3 is 14.5 Å². The first-order chi connectivity index (χ1) is 10.8. The van der Waals surface area contributed by atoms with Crippen molar-refractivity contribution in [3.63, 3.8) is 0 Å². The molecule has 7 heteroatoms. The number of rotatable bonds is 5. The standard InChI is InChI=1S/C15H13N3O3S/c1-20-11-5-2-4-10(8-11)13-14(22-18-17-13)15(19)16-9-12-6-3-7-21-12/h2-8H,9H2,1H3,(H,16,19). The van der Waals surface area contributed by atoms with Gasteiger partial charge in [-0.15, -0.1) is 5.10 Å². The third-order valence-corrected chi connectivity index (χ3v) is 3.77. The van der Waals surface area contributed by atoms with Crippen molar-refractivity contribution in [2.24, 2.45) is 0 Å². The van der Waals surface area contributed by atoms with E-state index in [0.717, 1.165) is 17.1 Å². The summed E-state index contributed by atoms with van der Waals surface area (Å²) < 4.78 is 14.3. The molecule has 6 nitrogen and oxygen atoms in total. The molecule has 22 heavy (non-hydrogen) atoms. The van der Waals surface area contributed by atoms with Crippen LogP contribution in [0, 0.1) is 0 Å². The van der Waals surface area contributed by atoms with Gasteiger partial charge in [0.25, 0.3) is 5.91 Å². The molecule has 0 fully saturated rings. The lowest BCUT2D eigenvalue weighted by Gasteiger charge is -2.04. The van der Waals surface area contributed by atoms with Gasteiger partial charge in [-0.05, 0) is 35.8 Å². The first-order valence-electron chi connectivity index (χ1n) is 6.55. The maximum atomic E-state index is 12.3. The van der Waals surface area contributed by atoms with E-state index < -0.39 is 0 Å². The first kappa shape index (κ1) is 14.3. The molecular weight excluding hydrogens is 302 g/mol. The lowest BCUT2D eigenvalue weighted by molar-refractivity contribution is 0.0952. The zero-order chi connectivity index (χ0) is 15.4. The van der Waals surface area contributed by atoms with Crippen LogP contribution < -0.4 is 10.1 Å². The Labute approximate surface area is 130 Å². The summed E-state index contributed by atoms with van der Waals surface area (Å²) in [5.74, 6) is 1.16. The summed E-state index contributed by atoms with van der Waals surface area (Å²) in [7, 11) is 1.59. The van der Waals surface area contributed by atoms with Gasteiger partial charge in [-0.2, -0.15) is 0 Å². The molecule has 0 saturated carbocycles. The van der Waals surface area contributed by atoms with Gasteiger partial charge in [0.2, 0.25) is 0 Å². The molecule has 1 amide bonds. The van der Waals surface area contributed by atoms with Crippen molar-refractivity contribution < 1.29 is 13.9 Å². The van der Waals surface area contributed by atoms with Crippen molar-refractivity contribution >= 4 is 17.4 Å². The van der Waals surface area contributed by atoms with Gasteiger partial charge in [-0.1, -0.05) is 16.6 Å². The molecular formula is C15H13N3O3S. The molecule has 0 saturated heterocycles. The quantitative estimate of drug-likeness (QED) is 0.783. The molecule has 3 rings (SSSR count). The molecule has 0 radical (unpaired) electrons. The number of furan rings is 1. The normalized spacial score (nSPS) is 10.4. The number of nitrogens with one attached hydrogen (secondary N) is 1. The van der Waals surface area contributed by atoms with Crippen LogP contribution in [0.5, 0.6) is 5.75 Å². The number of amides is 1. The van der Waals surface area contributed by atoms with Crippen molar-refractivity contribution in [2.45, 2.75) is 6.54 Å². The van der Waals surface area contributed by atoms with Crippen molar-refractivity contribution in [2.75, 3.05) is 7.11 Å². The van der Waals surface area contributed by atoms with Crippen LogP contribution in [-0.2, 0) is 6.54 Å². The zero-order valence-electron chi connectivity index (χ0n) is 11.8. The molecule has 0 atom stereocenters. The van der Waals surface area contributed by atoms with E-state index in [4.69, 9.17) is 9.15 Å². The minimum atomic E-state index is -0.232. The van der Waals surface area contributed by atoms with E-state index in [1.165, 1.54) is 0 Å². The van der Waals surface area contributed by atoms with Crippen LogP contribution in [0.3, 0.4) is 0 Å². The number of methoxy groups -OCH3 is 1. The number of benzene rings is 1. The van der Waals surface area contributed by atoms with Gasteiger partial charge >= 0.3 is 0 Å². The van der Waals surface area contributed by atoms with E-state index in [1.54, 1.807) is 25.5 Å². The minimum absolute atomic E-state index is 0.232. The molecule has 1 N–H and O–H groups in total. The highest BCUT2D eigenvalue weighted by Crippen LogP contribution is 2.26. The van der Waals surface area contributed by atoms with E-state index in [9.17, 15) is 4.79 Å². The second kappa shape index (κ2) is 6.40. The molecule has 0 spiro atoms. The maximum Gasteiger partial charge on any atom is 0.265 e. The Morgan fingerprint density at radius 2 is 2.27 bits per heavy atom. The Morgan fingerprint density at radius 1 is 1.36 bits per heavy atom. The van der Waals surface area contributed by atoms with Gasteiger partial charge in [-0.25, -0.2) is 0 Å². The molecule has 112 valence electrons. The Hall–Kier alpha value is -2.67. The first-order valence-corrected chi connectivity index (χ1v) is 7.32. The van der Waals surface area contributed by atoms with Crippen LogP contribution in [-0.4, -0.2) is 22.6 Å². The van der Waals surface area contributed by atoms with Crippen LogP contribution in [0.25, 0.3) is 11.3 Å². The molecule has 1 aromatic carbocycles. The van der Waals surface area contributed by atoms with Gasteiger partial charge in [0, 0.05) is 5.56 Å². The van der Waals surface area contributed by atoms with E-state index >= 15 is 0 Å². The third kappa shape index (κ3) is 2.99. The highest BCUT2D eigenvalue weighted by atomic mass is 32.1. The lowest BCUT2D eigenvalue weighted by Crippen LogP contribution is -2.22. The van der Waals surface area contributed by atoms with Gasteiger partial charge in [0.1, 0.15) is 22.1 Å². The summed E-state index contributed by atoms with van der Waals surface area (Å²) in [6.45, 7) is 0.321. The number of hydrogen-bond acceptors (Lipinski definition) is 6. The van der Waals surface area contributed by atoms with Crippen molar-refractivity contribution in [1.29, 1.82) is 0 Å². The second-order valence-electron chi connectivity index (χ2n) is 4.44. The molecule has 0 bridgehead atoms. The van der Waals surface area contributed by atoms with Crippen molar-refractivity contribution in [1.82, 2.24) is 14.9 Å². The fourth-order valence-corrected chi connectivity index (χ4v) is 2.56. The number of nitrogens with zero attached hydrogens (tertiary/aromatic N) is 2. The predicted molar refractivity (Wildman–Crippen MR) is 81.8 cm³/mol. The van der Waals surface area contributed by atoms with Crippen LogP contribution >= 0.6 is 11.5 Å². The van der Waals surface area contributed by atoms with E-state index in [0.29, 0.717) is 28.6 Å². The molecule has 3 aromatic rings. The Kier molecular flexibility index (Phi) is 4.15. The second-order valence-corrected chi connectivity index (χ2v) is 5.20. The number of carbonyl (C=O) groups is 1. The summed E-state index contributed by atoms with van der Waals surface area (Å²) in [5, 5.41) is 6.85. The largest absolute Gasteiger partial charge is 0.497 e. The number of ether oxygens (including phenoxy) is 1. The maximum absolute atomic E-state index is 12.3. The lowest BCUT2D eigenvalue weighted by atomic mass is 10.1. The summed E-state index contributed by atoms with van der Waals surface area (Å²) in [6.07, 6.45) is 1.57. The number of hydrogen-bond donors (Lipinski definition) is 1. The van der Waals surface area contributed by atoms with Gasteiger partial charge in [0.15, 0.2) is 0 Å². The highest BCUT2D eigenvalue weighted by molar-refractivity contribution is 7.08. The Bertz CT molecular complexity index is 768. The summed E-state index contributed by atoms with van der Waals surface area (Å²) in [6, 6.07) is 10.9. The van der Waals surface area contributed by atoms with Crippen LogP contribution in [0.4, 0.5) is 0 Å². The number of carbonyl (C=O) groups excluding carboxylic acids is 1. The van der Waals surface area contributed by atoms with Gasteiger partial charge in [-0.3, -0.25) is 4.79 Å². The van der Waals surface area contributed by atoms with Crippen LogP contribution in [0.2, 0.25) is 0 Å². The fourth-order valence-electron chi connectivity index (χ4n) is 1.96. The van der Waals surface area contributed by atoms with E-state index in [-0.39, 0.29) is 5.91 Å². The molecule has 0 unspecified atom stereocenters. The summed E-state index contributed by atoms with van der Waals surface area (Å²) in [4.78, 5) is 12.8. The van der Waals surface area contributed by atoms with E-state index in [2.05, 4.69) is 14.9 Å². The highest BCUT2D eigenvalue weighted by Gasteiger charge is 2.18. The van der Waals surface area contributed by atoms with Gasteiger partial charge in [0.05, 0.1) is 19.9 Å². The Morgan fingerprint density at radius 3 is 3.05 bits per heavy atom. The molecule has 2 heterocycles. The summed E-state index contributed by atoms with van der Waals surface area (Å²) >= 11 is 1.06. The average Bonchev–Trinajstić information content (AvgIpc) is 3.24. The third-order valence-electron chi connectivity index (χ3n) is 3.04. The van der Waals surface area contributed by atoms with Crippen molar-refractivity contribution in [3.8, 4) is 17.0 Å². The average molecular weight is 315 g/mol.